The van der Waals surface area contributed by atoms with Gasteiger partial charge < -0.3 is 10.5 Å². The molecule has 0 aliphatic heterocycles. The summed E-state index contributed by atoms with van der Waals surface area (Å²) in [6.07, 6.45) is 0. The number of hydrogen-bond acceptors (Lipinski definition) is 5. The first kappa shape index (κ1) is 14.3. The molecule has 18 heavy (non-hydrogen) atoms. The number of hydrogen-bond donors (Lipinski definition) is 2. The van der Waals surface area contributed by atoms with E-state index >= 15 is 0 Å². The van der Waals surface area contributed by atoms with E-state index in [9.17, 15) is 13.2 Å². The van der Waals surface area contributed by atoms with Crippen LogP contribution in [0, 0.1) is 0 Å². The Morgan fingerprint density at radius 3 is 2.50 bits per heavy atom. The normalized spacial score (nSPS) is 11.3. The summed E-state index contributed by atoms with van der Waals surface area (Å²) in [5, 5.41) is 0. The lowest BCUT2D eigenvalue weighted by Gasteiger charge is -2.15. The number of esters is 1. The maximum absolute atomic E-state index is 11.6. The predicted molar refractivity (Wildman–Crippen MR) is 68.4 cm³/mol. The molecule has 0 bridgehead atoms. The molecule has 8 heteroatoms. The zero-order valence-electron chi connectivity index (χ0n) is 10.3. The van der Waals surface area contributed by atoms with Gasteiger partial charge in [0.25, 0.3) is 0 Å². The van der Waals surface area contributed by atoms with E-state index in [1.54, 1.807) is 0 Å². The summed E-state index contributed by atoms with van der Waals surface area (Å²) < 4.78 is 31.1. The van der Waals surface area contributed by atoms with E-state index < -0.39 is 16.2 Å². The second-order valence-corrected chi connectivity index (χ2v) is 5.53. The molecule has 0 atom stereocenters. The number of nitrogens with two attached hydrogens (primary N) is 1. The van der Waals surface area contributed by atoms with Crippen molar-refractivity contribution in [3.63, 3.8) is 0 Å². The van der Waals surface area contributed by atoms with Gasteiger partial charge in [-0.3, -0.25) is 4.72 Å². The average Bonchev–Trinajstić information content (AvgIpc) is 2.30. The fourth-order valence-corrected chi connectivity index (χ4v) is 1.81. The third-order valence-corrected chi connectivity index (χ3v) is 3.67. The molecule has 0 unspecified atom stereocenters. The summed E-state index contributed by atoms with van der Waals surface area (Å²) >= 11 is 0. The number of nitrogen functional groups attached to an aromatic ring is 1. The van der Waals surface area contributed by atoms with Gasteiger partial charge in [-0.1, -0.05) is 6.07 Å². The van der Waals surface area contributed by atoms with Crippen LogP contribution in [-0.4, -0.2) is 39.9 Å². The third-order valence-electron chi connectivity index (χ3n) is 2.23. The molecule has 1 aromatic carbocycles. The number of ether oxygens (including phenoxy) is 1. The van der Waals surface area contributed by atoms with E-state index in [0.717, 1.165) is 4.31 Å². The number of para-hydroxylation sites is 1. The maximum Gasteiger partial charge on any atom is 0.340 e. The topological polar surface area (TPSA) is 102 Å². The van der Waals surface area contributed by atoms with Gasteiger partial charge in [0.1, 0.15) is 0 Å². The summed E-state index contributed by atoms with van der Waals surface area (Å²) in [6.45, 7) is 0. The van der Waals surface area contributed by atoms with E-state index in [2.05, 4.69) is 9.46 Å². The van der Waals surface area contributed by atoms with Crippen molar-refractivity contribution in [1.29, 1.82) is 0 Å². The molecule has 3 N–H and O–H groups in total. The number of anilines is 2. The first-order valence-corrected chi connectivity index (χ1v) is 6.40. The molecule has 1 rings (SSSR count). The lowest BCUT2D eigenvalue weighted by Crippen LogP contribution is -2.29. The smallest absolute Gasteiger partial charge is 0.340 e. The Bertz CT molecular complexity index is 554. The summed E-state index contributed by atoms with van der Waals surface area (Å²) in [5.41, 5.74) is 5.98. The van der Waals surface area contributed by atoms with E-state index in [-0.39, 0.29) is 16.9 Å². The van der Waals surface area contributed by atoms with Crippen LogP contribution in [0.2, 0.25) is 0 Å². The number of methoxy groups -OCH3 is 1. The van der Waals surface area contributed by atoms with Crippen molar-refractivity contribution in [2.75, 3.05) is 31.7 Å². The van der Waals surface area contributed by atoms with Crippen LogP contribution < -0.4 is 10.5 Å². The Kier molecular flexibility index (Phi) is 4.15. The Balaban J connectivity index is 3.17. The van der Waals surface area contributed by atoms with Gasteiger partial charge >= 0.3 is 16.2 Å². The maximum atomic E-state index is 11.6. The molecule has 0 radical (unpaired) electrons. The predicted octanol–water partition coefficient (Wildman–Crippen LogP) is 0.274. The van der Waals surface area contributed by atoms with Gasteiger partial charge in [-0.2, -0.15) is 12.7 Å². The molecule has 0 saturated heterocycles. The average molecular weight is 273 g/mol. The lowest BCUT2D eigenvalue weighted by molar-refractivity contribution is 0.0602. The minimum absolute atomic E-state index is 0.0229. The molecule has 0 aliphatic carbocycles. The fraction of sp³-hybridized carbons (Fsp3) is 0.300. The lowest BCUT2D eigenvalue weighted by atomic mass is 10.1. The van der Waals surface area contributed by atoms with Crippen LogP contribution in [0.5, 0.6) is 0 Å². The molecule has 1 aromatic rings. The van der Waals surface area contributed by atoms with Gasteiger partial charge in [0.05, 0.1) is 24.0 Å². The van der Waals surface area contributed by atoms with Crippen molar-refractivity contribution in [2.45, 2.75) is 0 Å². The minimum Gasteiger partial charge on any atom is -0.465 e. The zero-order chi connectivity index (χ0) is 13.9. The number of nitrogens with zero attached hydrogens (tertiary/aromatic N) is 1. The first-order valence-electron chi connectivity index (χ1n) is 4.96. The second-order valence-electron chi connectivity index (χ2n) is 3.65. The monoisotopic (exact) mass is 273 g/mol. The number of rotatable bonds is 4. The minimum atomic E-state index is -3.67. The van der Waals surface area contributed by atoms with Gasteiger partial charge in [-0.15, -0.1) is 0 Å². The van der Waals surface area contributed by atoms with Crippen molar-refractivity contribution in [2.24, 2.45) is 0 Å². The van der Waals surface area contributed by atoms with Gasteiger partial charge in [-0.05, 0) is 12.1 Å². The van der Waals surface area contributed by atoms with Gasteiger partial charge in [0.2, 0.25) is 0 Å². The van der Waals surface area contributed by atoms with E-state index in [4.69, 9.17) is 5.73 Å². The zero-order valence-corrected chi connectivity index (χ0v) is 11.1. The Labute approximate surface area is 106 Å². The first-order chi connectivity index (χ1) is 8.29. The van der Waals surface area contributed by atoms with E-state index in [0.29, 0.717) is 0 Å². The number of nitrogens with one attached hydrogen (secondary N) is 1. The summed E-state index contributed by atoms with van der Waals surface area (Å²) in [6, 6.07) is 4.42. The summed E-state index contributed by atoms with van der Waals surface area (Å²) in [5.74, 6) is -0.626. The molecular formula is C10H15N3O4S. The van der Waals surface area contributed by atoms with Gasteiger partial charge in [-0.25, -0.2) is 4.79 Å². The standard InChI is InChI=1S/C10H15N3O4S/c1-13(2)18(15,16)12-8-6-4-5-7(9(8)11)10(14)17-3/h4-6,12H,11H2,1-3H3. The van der Waals surface area contributed by atoms with Crippen LogP contribution in [0.15, 0.2) is 18.2 Å². The highest BCUT2D eigenvalue weighted by molar-refractivity contribution is 7.90. The Morgan fingerprint density at radius 2 is 2.00 bits per heavy atom. The molecule has 7 nitrogen and oxygen atoms in total. The molecule has 100 valence electrons. The number of carbonyl (C=O) groups excluding carboxylic acids is 1. The van der Waals surface area contributed by atoms with Crippen LogP contribution in [-0.2, 0) is 14.9 Å². The molecule has 0 saturated carbocycles. The largest absolute Gasteiger partial charge is 0.465 e. The SMILES string of the molecule is COC(=O)c1cccc(NS(=O)(=O)N(C)C)c1N. The molecule has 0 aliphatic rings. The van der Waals surface area contributed by atoms with Crippen LogP contribution in [0.1, 0.15) is 10.4 Å². The molecule has 0 fully saturated rings. The van der Waals surface area contributed by atoms with E-state index in [1.807, 2.05) is 0 Å². The fourth-order valence-electron chi connectivity index (χ4n) is 1.17. The van der Waals surface area contributed by atoms with Crippen LogP contribution in [0.4, 0.5) is 11.4 Å². The Morgan fingerprint density at radius 1 is 1.39 bits per heavy atom. The summed E-state index contributed by atoms with van der Waals surface area (Å²) in [7, 11) is 0.304. The van der Waals surface area contributed by atoms with Crippen LogP contribution in [0.25, 0.3) is 0 Å². The quantitative estimate of drug-likeness (QED) is 0.605. The van der Waals surface area contributed by atoms with Crippen molar-refractivity contribution < 1.29 is 17.9 Å². The van der Waals surface area contributed by atoms with Gasteiger partial charge in [0, 0.05) is 14.1 Å². The second kappa shape index (κ2) is 5.23. The summed E-state index contributed by atoms with van der Waals surface area (Å²) in [4.78, 5) is 11.4. The van der Waals surface area contributed by atoms with E-state index in [1.165, 1.54) is 39.4 Å². The molecule has 0 aromatic heterocycles. The third kappa shape index (κ3) is 2.90. The van der Waals surface area contributed by atoms with Crippen LogP contribution >= 0.6 is 0 Å². The van der Waals surface area contributed by atoms with Crippen molar-refractivity contribution in [1.82, 2.24) is 4.31 Å². The van der Waals surface area contributed by atoms with Gasteiger partial charge in [0.15, 0.2) is 0 Å². The number of carbonyl (C=O) groups is 1. The highest BCUT2D eigenvalue weighted by Gasteiger charge is 2.18. The van der Waals surface area contributed by atoms with Crippen molar-refractivity contribution in [3.8, 4) is 0 Å². The molecule has 0 heterocycles. The highest BCUT2D eigenvalue weighted by atomic mass is 32.2. The van der Waals surface area contributed by atoms with Crippen molar-refractivity contribution in [3.05, 3.63) is 23.8 Å². The molecular weight excluding hydrogens is 258 g/mol. The molecule has 0 amide bonds. The number of benzene rings is 1. The highest BCUT2D eigenvalue weighted by Crippen LogP contribution is 2.24. The Hall–Kier alpha value is -1.80. The molecule has 0 spiro atoms. The van der Waals surface area contributed by atoms with Crippen LogP contribution in [0.3, 0.4) is 0 Å². The van der Waals surface area contributed by atoms with Crippen molar-refractivity contribution >= 4 is 27.6 Å².